The van der Waals surface area contributed by atoms with Crippen molar-refractivity contribution in [3.63, 3.8) is 0 Å². The molecule has 22 heavy (non-hydrogen) atoms. The van der Waals surface area contributed by atoms with Gasteiger partial charge in [-0.25, -0.2) is 0 Å². The van der Waals surface area contributed by atoms with E-state index in [-0.39, 0.29) is 11.2 Å². The van der Waals surface area contributed by atoms with Crippen molar-refractivity contribution >= 4 is 29.1 Å². The van der Waals surface area contributed by atoms with Crippen molar-refractivity contribution in [1.29, 1.82) is 0 Å². The molecule has 0 bridgehead atoms. The minimum atomic E-state index is -0.287. The van der Waals surface area contributed by atoms with Gasteiger partial charge in [-0.1, -0.05) is 29.9 Å². The molecule has 0 aliphatic rings. The summed E-state index contributed by atoms with van der Waals surface area (Å²) < 4.78 is 6.81. The summed E-state index contributed by atoms with van der Waals surface area (Å²) in [5.41, 5.74) is 0.757. The summed E-state index contributed by atoms with van der Waals surface area (Å²) in [6.07, 6.45) is 2.54. The molecule has 1 amide bonds. The largest absolute Gasteiger partial charge is 0.360 e. The Labute approximate surface area is 131 Å². The van der Waals surface area contributed by atoms with E-state index in [1.165, 1.54) is 11.8 Å². The van der Waals surface area contributed by atoms with Crippen molar-refractivity contribution < 1.29 is 9.32 Å². The molecule has 3 aromatic heterocycles. The summed E-state index contributed by atoms with van der Waals surface area (Å²) in [7, 11) is 0. The number of fused-ring (bicyclic) bond motifs is 1. The number of thioether (sulfide) groups is 1. The summed E-state index contributed by atoms with van der Waals surface area (Å²) in [5, 5.41) is 15.1. The van der Waals surface area contributed by atoms with Crippen LogP contribution in [0, 0.1) is 6.92 Å². The standard InChI is InChI=1S/C14H15N5O2S/c1-3-10(13(20)15-11-8-9(2)21-18-11)22-14-17-16-12-6-4-5-7-19(12)14/h4-8,10H,3H2,1-2H3,(H,15,18,20)/t10-/m1/s1. The Morgan fingerprint density at radius 2 is 2.32 bits per heavy atom. The molecule has 0 aliphatic carbocycles. The first-order chi connectivity index (χ1) is 10.7. The van der Waals surface area contributed by atoms with E-state index in [0.717, 1.165) is 5.65 Å². The molecule has 0 radical (unpaired) electrons. The average molecular weight is 317 g/mol. The number of pyridine rings is 1. The van der Waals surface area contributed by atoms with E-state index < -0.39 is 0 Å². The van der Waals surface area contributed by atoms with Gasteiger partial charge in [0.1, 0.15) is 5.76 Å². The predicted octanol–water partition coefficient (Wildman–Crippen LogP) is 2.54. The number of carbonyl (C=O) groups is 1. The molecular weight excluding hydrogens is 302 g/mol. The third-order valence-electron chi connectivity index (χ3n) is 3.07. The number of rotatable bonds is 5. The lowest BCUT2D eigenvalue weighted by atomic mass is 10.3. The number of amides is 1. The van der Waals surface area contributed by atoms with E-state index in [1.54, 1.807) is 13.0 Å². The highest BCUT2D eigenvalue weighted by Gasteiger charge is 2.21. The third kappa shape index (κ3) is 2.96. The summed E-state index contributed by atoms with van der Waals surface area (Å²) in [6, 6.07) is 7.35. The Morgan fingerprint density at radius 1 is 1.45 bits per heavy atom. The van der Waals surface area contributed by atoms with Crippen LogP contribution >= 0.6 is 11.8 Å². The maximum absolute atomic E-state index is 12.3. The number of nitrogens with zero attached hydrogens (tertiary/aromatic N) is 4. The topological polar surface area (TPSA) is 85.3 Å². The fourth-order valence-electron chi connectivity index (χ4n) is 1.98. The lowest BCUT2D eigenvalue weighted by Gasteiger charge is -2.11. The molecule has 1 atom stereocenters. The SMILES string of the molecule is CC[C@@H](Sc1nnc2ccccn12)C(=O)Nc1cc(C)on1. The second-order valence-corrected chi connectivity index (χ2v) is 5.91. The summed E-state index contributed by atoms with van der Waals surface area (Å²) in [4.78, 5) is 12.3. The van der Waals surface area contributed by atoms with E-state index in [4.69, 9.17) is 4.52 Å². The van der Waals surface area contributed by atoms with Gasteiger partial charge in [0, 0.05) is 12.3 Å². The maximum Gasteiger partial charge on any atom is 0.239 e. The van der Waals surface area contributed by atoms with Gasteiger partial charge < -0.3 is 9.84 Å². The van der Waals surface area contributed by atoms with Crippen LogP contribution in [0.4, 0.5) is 5.82 Å². The van der Waals surface area contributed by atoms with Gasteiger partial charge in [0.05, 0.1) is 5.25 Å². The molecule has 0 fully saturated rings. The van der Waals surface area contributed by atoms with E-state index >= 15 is 0 Å². The second kappa shape index (κ2) is 6.18. The number of nitrogens with one attached hydrogen (secondary N) is 1. The lowest BCUT2D eigenvalue weighted by Crippen LogP contribution is -2.25. The van der Waals surface area contributed by atoms with Crippen LogP contribution in [0.5, 0.6) is 0 Å². The van der Waals surface area contributed by atoms with Crippen LogP contribution in [0.1, 0.15) is 19.1 Å². The van der Waals surface area contributed by atoms with Crippen LogP contribution in [0.3, 0.4) is 0 Å². The van der Waals surface area contributed by atoms with Crippen LogP contribution in [0.2, 0.25) is 0 Å². The third-order valence-corrected chi connectivity index (χ3v) is 4.39. The Balaban J connectivity index is 1.75. The number of anilines is 1. The molecule has 0 aromatic carbocycles. The van der Waals surface area contributed by atoms with Crippen molar-refractivity contribution in [1.82, 2.24) is 19.8 Å². The Kier molecular flexibility index (Phi) is 4.10. The first-order valence-electron chi connectivity index (χ1n) is 6.88. The van der Waals surface area contributed by atoms with Gasteiger partial charge in [-0.15, -0.1) is 10.2 Å². The monoisotopic (exact) mass is 317 g/mol. The van der Waals surface area contributed by atoms with Crippen molar-refractivity contribution in [3.05, 3.63) is 36.2 Å². The number of hydrogen-bond donors (Lipinski definition) is 1. The molecule has 114 valence electrons. The zero-order chi connectivity index (χ0) is 15.5. The van der Waals surface area contributed by atoms with Gasteiger partial charge in [0.25, 0.3) is 0 Å². The first kappa shape index (κ1) is 14.6. The zero-order valence-electron chi connectivity index (χ0n) is 12.2. The molecule has 0 spiro atoms. The van der Waals surface area contributed by atoms with Gasteiger partial charge in [-0.3, -0.25) is 9.20 Å². The molecule has 0 saturated heterocycles. The van der Waals surface area contributed by atoms with Crippen LogP contribution in [-0.2, 0) is 4.79 Å². The van der Waals surface area contributed by atoms with Crippen LogP contribution < -0.4 is 5.32 Å². The van der Waals surface area contributed by atoms with Gasteiger partial charge in [0.2, 0.25) is 5.91 Å². The van der Waals surface area contributed by atoms with Gasteiger partial charge in [-0.2, -0.15) is 0 Å². The molecule has 3 rings (SSSR count). The second-order valence-electron chi connectivity index (χ2n) is 4.74. The molecular formula is C14H15N5O2S. The van der Waals surface area contributed by atoms with Gasteiger partial charge in [-0.05, 0) is 25.5 Å². The fraction of sp³-hybridized carbons (Fsp3) is 0.286. The minimum Gasteiger partial charge on any atom is -0.360 e. The van der Waals surface area contributed by atoms with E-state index in [0.29, 0.717) is 23.2 Å². The average Bonchev–Trinajstić information content (AvgIpc) is 3.11. The number of hydrogen-bond acceptors (Lipinski definition) is 6. The minimum absolute atomic E-state index is 0.131. The van der Waals surface area contributed by atoms with E-state index in [2.05, 4.69) is 20.7 Å². The van der Waals surface area contributed by atoms with Crippen LogP contribution in [-0.4, -0.2) is 30.9 Å². The Hall–Kier alpha value is -2.35. The fourth-order valence-corrected chi connectivity index (χ4v) is 2.92. The van der Waals surface area contributed by atoms with E-state index in [1.807, 2.05) is 35.7 Å². The van der Waals surface area contributed by atoms with Crippen molar-refractivity contribution in [2.24, 2.45) is 0 Å². The highest BCUT2D eigenvalue weighted by atomic mass is 32.2. The summed E-state index contributed by atoms with van der Waals surface area (Å²) >= 11 is 1.38. The molecule has 3 aromatic rings. The number of aromatic nitrogens is 4. The first-order valence-corrected chi connectivity index (χ1v) is 7.76. The molecule has 8 heteroatoms. The predicted molar refractivity (Wildman–Crippen MR) is 82.8 cm³/mol. The maximum atomic E-state index is 12.3. The summed E-state index contributed by atoms with van der Waals surface area (Å²) in [6.45, 7) is 3.73. The molecule has 1 N–H and O–H groups in total. The highest BCUT2D eigenvalue weighted by molar-refractivity contribution is 8.00. The molecule has 0 aliphatic heterocycles. The molecule has 0 unspecified atom stereocenters. The number of aryl methyl sites for hydroxylation is 1. The molecule has 3 heterocycles. The van der Waals surface area contributed by atoms with Gasteiger partial charge >= 0.3 is 0 Å². The van der Waals surface area contributed by atoms with Crippen LogP contribution in [0.15, 0.2) is 40.1 Å². The van der Waals surface area contributed by atoms with Gasteiger partial charge in [0.15, 0.2) is 16.6 Å². The smallest absolute Gasteiger partial charge is 0.239 e. The van der Waals surface area contributed by atoms with Crippen molar-refractivity contribution in [2.45, 2.75) is 30.7 Å². The highest BCUT2D eigenvalue weighted by Crippen LogP contribution is 2.25. The number of carbonyl (C=O) groups excluding carboxylic acids is 1. The van der Waals surface area contributed by atoms with Crippen molar-refractivity contribution in [3.8, 4) is 0 Å². The van der Waals surface area contributed by atoms with E-state index in [9.17, 15) is 4.79 Å². The zero-order valence-corrected chi connectivity index (χ0v) is 13.0. The molecule has 7 nitrogen and oxygen atoms in total. The Morgan fingerprint density at radius 3 is 3.05 bits per heavy atom. The summed E-state index contributed by atoms with van der Waals surface area (Å²) in [5.74, 6) is 0.945. The normalized spacial score (nSPS) is 12.5. The van der Waals surface area contributed by atoms with Crippen LogP contribution in [0.25, 0.3) is 5.65 Å². The molecule has 0 saturated carbocycles. The lowest BCUT2D eigenvalue weighted by molar-refractivity contribution is -0.115. The Bertz CT molecular complexity index is 797. The van der Waals surface area contributed by atoms with Crippen molar-refractivity contribution in [2.75, 3.05) is 5.32 Å². The quantitative estimate of drug-likeness (QED) is 0.728.